The zero-order valence-electron chi connectivity index (χ0n) is 11.4. The molecule has 0 saturated heterocycles. The molecule has 0 aliphatic rings. The lowest BCUT2D eigenvalue weighted by Gasteiger charge is -2.17. The van der Waals surface area contributed by atoms with Gasteiger partial charge >= 0.3 is 0 Å². The Morgan fingerprint density at radius 1 is 1.52 bits per heavy atom. The summed E-state index contributed by atoms with van der Waals surface area (Å²) in [4.78, 5) is 13.7. The molecule has 0 saturated carbocycles. The van der Waals surface area contributed by atoms with Crippen molar-refractivity contribution < 1.29 is 9.90 Å². The molecule has 0 spiro atoms. The van der Waals surface area contributed by atoms with Gasteiger partial charge in [-0.05, 0) is 25.1 Å². The van der Waals surface area contributed by atoms with E-state index in [9.17, 15) is 4.79 Å². The van der Waals surface area contributed by atoms with E-state index in [1.54, 1.807) is 17.0 Å². The van der Waals surface area contributed by atoms with Crippen LogP contribution in [-0.2, 0) is 4.79 Å². The Labute approximate surface area is 133 Å². The number of carbonyl (C=O) groups excluding carboxylic acids is 1. The molecule has 0 atom stereocenters. The van der Waals surface area contributed by atoms with Gasteiger partial charge in [0, 0.05) is 24.3 Å². The molecular weight excluding hydrogens is 313 g/mol. The lowest BCUT2D eigenvalue weighted by atomic mass is 10.2. The van der Waals surface area contributed by atoms with Crippen molar-refractivity contribution in [2.24, 2.45) is 0 Å². The third kappa shape index (κ3) is 5.27. The maximum Gasteiger partial charge on any atom is 0.267 e. The van der Waals surface area contributed by atoms with E-state index in [1.165, 1.54) is 12.3 Å². The Kier molecular flexibility index (Phi) is 7.03. The second-order valence-electron chi connectivity index (χ2n) is 4.09. The molecule has 0 aliphatic heterocycles. The van der Waals surface area contributed by atoms with E-state index in [2.05, 4.69) is 5.32 Å². The number of aliphatic hydroxyl groups excluding tert-OH is 1. The van der Waals surface area contributed by atoms with Crippen molar-refractivity contribution in [3.63, 3.8) is 0 Å². The minimum Gasteiger partial charge on any atom is -0.395 e. The zero-order valence-corrected chi connectivity index (χ0v) is 12.9. The molecule has 1 rings (SSSR count). The molecule has 0 aromatic heterocycles. The molecule has 0 aliphatic carbocycles. The molecule has 5 nitrogen and oxygen atoms in total. The van der Waals surface area contributed by atoms with Crippen LogP contribution in [0.4, 0.5) is 5.69 Å². The van der Waals surface area contributed by atoms with Crippen LogP contribution >= 0.6 is 23.2 Å². The Balaban J connectivity index is 2.92. The molecule has 7 heteroatoms. The number of nitriles is 1. The standard InChI is InChI=1S/C14H15Cl2N3O2/c1-2-19(5-6-20)9-10(8-17)14(21)18-13-7-11(15)3-4-12(13)16/h3-4,7,9,20H,2,5-6H2,1H3,(H,18,21)/b10-9-. The molecule has 0 fully saturated rings. The number of anilines is 1. The van der Waals surface area contributed by atoms with Crippen LogP contribution in [0.5, 0.6) is 0 Å². The average molecular weight is 328 g/mol. The van der Waals surface area contributed by atoms with Crippen LogP contribution in [0.25, 0.3) is 0 Å². The summed E-state index contributed by atoms with van der Waals surface area (Å²) in [7, 11) is 0. The number of halogens is 2. The number of rotatable bonds is 6. The van der Waals surface area contributed by atoms with Crippen LogP contribution in [0.15, 0.2) is 30.0 Å². The number of carbonyl (C=O) groups is 1. The van der Waals surface area contributed by atoms with Gasteiger partial charge in [0.2, 0.25) is 0 Å². The second-order valence-corrected chi connectivity index (χ2v) is 4.93. The molecule has 1 aromatic rings. The topological polar surface area (TPSA) is 76.4 Å². The maximum absolute atomic E-state index is 12.1. The SMILES string of the molecule is CCN(/C=C(/C#N)C(=O)Nc1cc(Cl)ccc1Cl)CCO. The third-order valence-corrected chi connectivity index (χ3v) is 3.21. The smallest absolute Gasteiger partial charge is 0.267 e. The first-order chi connectivity index (χ1) is 10.0. The number of likely N-dealkylation sites (N-methyl/N-ethyl adjacent to an activating group) is 1. The number of hydrogen-bond acceptors (Lipinski definition) is 4. The minimum absolute atomic E-state index is 0.0647. The van der Waals surface area contributed by atoms with Gasteiger partial charge in [-0.25, -0.2) is 0 Å². The fourth-order valence-electron chi connectivity index (χ4n) is 1.55. The normalized spacial score (nSPS) is 10.9. The number of benzene rings is 1. The molecule has 0 unspecified atom stereocenters. The molecule has 2 N–H and O–H groups in total. The van der Waals surface area contributed by atoms with Crippen molar-refractivity contribution in [3.8, 4) is 6.07 Å². The highest BCUT2D eigenvalue weighted by atomic mass is 35.5. The Hall–Kier alpha value is -1.74. The van der Waals surface area contributed by atoms with Gasteiger partial charge in [0.05, 0.1) is 17.3 Å². The third-order valence-electron chi connectivity index (χ3n) is 2.65. The van der Waals surface area contributed by atoms with Crippen molar-refractivity contribution in [3.05, 3.63) is 40.0 Å². The largest absolute Gasteiger partial charge is 0.395 e. The van der Waals surface area contributed by atoms with Crippen molar-refractivity contribution in [2.75, 3.05) is 25.0 Å². The quantitative estimate of drug-likeness (QED) is 0.622. The van der Waals surface area contributed by atoms with Gasteiger partial charge in [-0.3, -0.25) is 4.79 Å². The molecular formula is C14H15Cl2N3O2. The van der Waals surface area contributed by atoms with Gasteiger partial charge in [-0.1, -0.05) is 23.2 Å². The number of nitrogens with zero attached hydrogens (tertiary/aromatic N) is 2. The first kappa shape index (κ1) is 17.3. The van der Waals surface area contributed by atoms with Crippen LogP contribution in [0, 0.1) is 11.3 Å². The highest BCUT2D eigenvalue weighted by Gasteiger charge is 2.13. The van der Waals surface area contributed by atoms with E-state index in [0.717, 1.165) is 0 Å². The van der Waals surface area contributed by atoms with E-state index >= 15 is 0 Å². The molecule has 112 valence electrons. The molecule has 1 amide bonds. The lowest BCUT2D eigenvalue weighted by Crippen LogP contribution is -2.23. The fourth-order valence-corrected chi connectivity index (χ4v) is 1.88. The average Bonchev–Trinajstić information content (AvgIpc) is 2.47. The molecule has 1 aromatic carbocycles. The van der Waals surface area contributed by atoms with E-state index < -0.39 is 5.91 Å². The van der Waals surface area contributed by atoms with E-state index in [4.69, 9.17) is 33.6 Å². The Morgan fingerprint density at radius 2 is 2.24 bits per heavy atom. The Morgan fingerprint density at radius 3 is 2.81 bits per heavy atom. The van der Waals surface area contributed by atoms with Crippen molar-refractivity contribution >= 4 is 34.8 Å². The van der Waals surface area contributed by atoms with Crippen molar-refractivity contribution in [1.29, 1.82) is 5.26 Å². The summed E-state index contributed by atoms with van der Waals surface area (Å²) in [5, 5.41) is 21.3. The summed E-state index contributed by atoms with van der Waals surface area (Å²) in [6.07, 6.45) is 1.41. The maximum atomic E-state index is 12.1. The van der Waals surface area contributed by atoms with Gasteiger partial charge in [0.15, 0.2) is 0 Å². The van der Waals surface area contributed by atoms with Crippen LogP contribution < -0.4 is 5.32 Å². The lowest BCUT2D eigenvalue weighted by molar-refractivity contribution is -0.112. The van der Waals surface area contributed by atoms with Gasteiger partial charge in [-0.15, -0.1) is 0 Å². The fraction of sp³-hybridized carbons (Fsp3) is 0.286. The zero-order chi connectivity index (χ0) is 15.8. The van der Waals surface area contributed by atoms with Crippen molar-refractivity contribution in [2.45, 2.75) is 6.92 Å². The van der Waals surface area contributed by atoms with Gasteiger partial charge in [0.1, 0.15) is 11.6 Å². The summed E-state index contributed by atoms with van der Waals surface area (Å²) in [5.41, 5.74) is 0.252. The molecule has 21 heavy (non-hydrogen) atoms. The van der Waals surface area contributed by atoms with Gasteiger partial charge in [-0.2, -0.15) is 5.26 Å². The highest BCUT2D eigenvalue weighted by molar-refractivity contribution is 6.35. The summed E-state index contributed by atoms with van der Waals surface area (Å²) in [6, 6.07) is 6.48. The van der Waals surface area contributed by atoms with Crippen molar-refractivity contribution in [1.82, 2.24) is 4.90 Å². The highest BCUT2D eigenvalue weighted by Crippen LogP contribution is 2.25. The summed E-state index contributed by atoms with van der Waals surface area (Å²) >= 11 is 11.8. The van der Waals surface area contributed by atoms with Gasteiger partial charge < -0.3 is 15.3 Å². The number of aliphatic hydroxyl groups is 1. The first-order valence-electron chi connectivity index (χ1n) is 6.25. The summed E-state index contributed by atoms with van der Waals surface area (Å²) in [6.45, 7) is 2.70. The van der Waals surface area contributed by atoms with Gasteiger partial charge in [0.25, 0.3) is 5.91 Å². The second kappa shape index (κ2) is 8.53. The summed E-state index contributed by atoms with van der Waals surface area (Å²) < 4.78 is 0. The van der Waals surface area contributed by atoms with E-state index in [0.29, 0.717) is 28.8 Å². The number of amides is 1. The summed E-state index contributed by atoms with van der Waals surface area (Å²) in [5.74, 6) is -0.585. The predicted molar refractivity (Wildman–Crippen MR) is 83.1 cm³/mol. The molecule has 0 heterocycles. The molecule has 0 bridgehead atoms. The van der Waals surface area contributed by atoms with E-state index in [1.807, 2.05) is 13.0 Å². The first-order valence-corrected chi connectivity index (χ1v) is 7.00. The van der Waals surface area contributed by atoms with Crippen LogP contribution in [0.1, 0.15) is 6.92 Å². The minimum atomic E-state index is -0.585. The van der Waals surface area contributed by atoms with Crippen LogP contribution in [0.2, 0.25) is 10.0 Å². The monoisotopic (exact) mass is 327 g/mol. The van der Waals surface area contributed by atoms with Crippen LogP contribution in [-0.4, -0.2) is 35.6 Å². The molecule has 0 radical (unpaired) electrons. The van der Waals surface area contributed by atoms with E-state index in [-0.39, 0.29) is 12.2 Å². The van der Waals surface area contributed by atoms with Crippen LogP contribution in [0.3, 0.4) is 0 Å². The Bertz CT molecular complexity index is 582. The number of nitrogens with one attached hydrogen (secondary N) is 1. The number of hydrogen-bond donors (Lipinski definition) is 2. The predicted octanol–water partition coefficient (Wildman–Crippen LogP) is 2.65.